The van der Waals surface area contributed by atoms with Crippen LogP contribution in [0.25, 0.3) is 0 Å². The van der Waals surface area contributed by atoms with E-state index in [-0.39, 0.29) is 11.4 Å². The van der Waals surface area contributed by atoms with Crippen LogP contribution in [0.1, 0.15) is 25.5 Å². The maximum Gasteiger partial charge on any atom is 0.305 e. The Hall–Kier alpha value is -2.20. The van der Waals surface area contributed by atoms with Crippen LogP contribution in [0.15, 0.2) is 12.1 Å². The van der Waals surface area contributed by atoms with Gasteiger partial charge in [0.05, 0.1) is 11.5 Å². The lowest BCUT2D eigenvalue weighted by molar-refractivity contribution is -0.385. The van der Waals surface area contributed by atoms with Crippen molar-refractivity contribution < 1.29 is 9.66 Å². The topological polar surface area (TPSA) is 101 Å². The molecule has 0 bridgehead atoms. The molecule has 1 rings (SSSR count). The summed E-state index contributed by atoms with van der Waals surface area (Å²) in [5, 5.41) is 22.4. The molecule has 0 radical (unpaired) electrons. The van der Waals surface area contributed by atoms with Crippen LogP contribution in [0.3, 0.4) is 0 Å². The molecule has 0 atom stereocenters. The number of nitriles is 1. The van der Waals surface area contributed by atoms with E-state index in [1.807, 2.05) is 0 Å². The summed E-state index contributed by atoms with van der Waals surface area (Å²) < 4.78 is 5.35. The Morgan fingerprint density at radius 1 is 1.53 bits per heavy atom. The van der Waals surface area contributed by atoms with Gasteiger partial charge in [0.15, 0.2) is 0 Å². The van der Waals surface area contributed by atoms with Gasteiger partial charge >= 0.3 is 5.69 Å². The minimum atomic E-state index is -0.622. The second-order valence-corrected chi connectivity index (χ2v) is 3.83. The number of ether oxygens (including phenoxy) is 1. The van der Waals surface area contributed by atoms with Gasteiger partial charge in [0, 0.05) is 19.2 Å². The largest absolute Gasteiger partial charge is 0.380 e. The van der Waals surface area contributed by atoms with Crippen LogP contribution in [0.4, 0.5) is 11.5 Å². The number of hydrogen-bond donors (Lipinski definition) is 1. The van der Waals surface area contributed by atoms with Crippen LogP contribution in [0, 0.1) is 21.4 Å². The maximum atomic E-state index is 10.6. The molecule has 1 aromatic rings. The first-order chi connectivity index (χ1) is 9.19. The zero-order valence-corrected chi connectivity index (χ0v) is 10.8. The highest BCUT2D eigenvalue weighted by atomic mass is 16.6. The molecule has 0 aliphatic rings. The molecule has 0 unspecified atom stereocenters. The van der Waals surface area contributed by atoms with Gasteiger partial charge in [-0.3, -0.25) is 10.1 Å². The van der Waals surface area contributed by atoms with E-state index >= 15 is 0 Å². The molecule has 0 amide bonds. The smallest absolute Gasteiger partial charge is 0.305 e. The summed E-state index contributed by atoms with van der Waals surface area (Å²) in [6.45, 7) is 3.88. The van der Waals surface area contributed by atoms with Gasteiger partial charge in [-0.1, -0.05) is 13.3 Å². The quantitative estimate of drug-likeness (QED) is 0.438. The van der Waals surface area contributed by atoms with Crippen molar-refractivity contribution in [2.45, 2.75) is 19.8 Å². The van der Waals surface area contributed by atoms with Gasteiger partial charge in [-0.15, -0.1) is 0 Å². The molecular weight excluding hydrogens is 248 g/mol. The number of nitrogens with one attached hydrogen (secondary N) is 1. The number of anilines is 1. The predicted molar refractivity (Wildman–Crippen MR) is 69.8 cm³/mol. The number of hydrogen-bond acceptors (Lipinski definition) is 6. The van der Waals surface area contributed by atoms with Crippen molar-refractivity contribution in [2.24, 2.45) is 0 Å². The van der Waals surface area contributed by atoms with E-state index in [4.69, 9.17) is 10.00 Å². The van der Waals surface area contributed by atoms with Gasteiger partial charge in [0.2, 0.25) is 5.69 Å². The number of aromatic nitrogens is 1. The Kier molecular flexibility index (Phi) is 6.26. The molecule has 0 saturated heterocycles. The maximum absolute atomic E-state index is 10.6. The lowest BCUT2D eigenvalue weighted by Crippen LogP contribution is -2.11. The number of rotatable bonds is 8. The molecule has 7 heteroatoms. The van der Waals surface area contributed by atoms with E-state index in [2.05, 4.69) is 17.2 Å². The number of nitro groups is 1. The van der Waals surface area contributed by atoms with Crippen molar-refractivity contribution >= 4 is 11.5 Å². The summed E-state index contributed by atoms with van der Waals surface area (Å²) in [4.78, 5) is 13.9. The zero-order valence-electron chi connectivity index (χ0n) is 10.8. The molecule has 7 nitrogen and oxygen atoms in total. The molecule has 1 heterocycles. The molecule has 0 aliphatic heterocycles. The highest BCUT2D eigenvalue weighted by molar-refractivity contribution is 5.50. The van der Waals surface area contributed by atoms with Crippen LogP contribution < -0.4 is 5.32 Å². The van der Waals surface area contributed by atoms with Gasteiger partial charge in [-0.25, -0.2) is 4.98 Å². The Bertz CT molecular complexity index is 471. The van der Waals surface area contributed by atoms with Crippen LogP contribution in [-0.2, 0) is 4.74 Å². The predicted octanol–water partition coefficient (Wildman–Crippen LogP) is 2.09. The third kappa shape index (κ3) is 4.89. The van der Waals surface area contributed by atoms with Crippen LogP contribution >= 0.6 is 0 Å². The standard InChI is InChI=1S/C12H16N4O3/c1-2-3-7-19-8-6-14-12-5-4-11(16(17)18)10(9-13)15-12/h4-5H,2-3,6-8H2,1H3,(H,14,15). The van der Waals surface area contributed by atoms with E-state index < -0.39 is 4.92 Å². The summed E-state index contributed by atoms with van der Waals surface area (Å²) in [6.07, 6.45) is 2.11. The van der Waals surface area contributed by atoms with Crippen molar-refractivity contribution in [3.63, 3.8) is 0 Å². The molecule has 0 saturated carbocycles. The van der Waals surface area contributed by atoms with E-state index in [0.29, 0.717) is 19.0 Å². The SMILES string of the molecule is CCCCOCCNc1ccc([N+](=O)[O-])c(C#N)n1. The van der Waals surface area contributed by atoms with E-state index in [0.717, 1.165) is 19.4 Å². The van der Waals surface area contributed by atoms with Crippen molar-refractivity contribution in [2.75, 3.05) is 25.1 Å². The molecule has 0 spiro atoms. The summed E-state index contributed by atoms with van der Waals surface area (Å²) in [7, 11) is 0. The third-order valence-electron chi connectivity index (χ3n) is 2.37. The Labute approximate surface area is 111 Å². The van der Waals surface area contributed by atoms with Gasteiger partial charge in [-0.2, -0.15) is 5.26 Å². The summed E-state index contributed by atoms with van der Waals surface area (Å²) >= 11 is 0. The van der Waals surface area contributed by atoms with Gasteiger partial charge in [0.1, 0.15) is 11.9 Å². The summed E-state index contributed by atoms with van der Waals surface area (Å²) in [5.41, 5.74) is -0.478. The fourth-order valence-electron chi connectivity index (χ4n) is 1.38. The number of pyridine rings is 1. The lowest BCUT2D eigenvalue weighted by Gasteiger charge is -2.06. The normalized spacial score (nSPS) is 9.89. The van der Waals surface area contributed by atoms with Crippen molar-refractivity contribution in [3.05, 3.63) is 27.9 Å². The van der Waals surface area contributed by atoms with E-state index in [9.17, 15) is 10.1 Å². The first kappa shape index (κ1) is 14.9. The molecule has 19 heavy (non-hydrogen) atoms. The van der Waals surface area contributed by atoms with Crippen LogP contribution in [-0.4, -0.2) is 29.7 Å². The fraction of sp³-hybridized carbons (Fsp3) is 0.500. The first-order valence-corrected chi connectivity index (χ1v) is 6.06. The molecule has 0 aliphatic carbocycles. The molecule has 1 N–H and O–H groups in total. The van der Waals surface area contributed by atoms with Crippen LogP contribution in [0.5, 0.6) is 0 Å². The Morgan fingerprint density at radius 2 is 2.32 bits per heavy atom. The van der Waals surface area contributed by atoms with Gasteiger partial charge < -0.3 is 10.1 Å². The fourth-order valence-corrected chi connectivity index (χ4v) is 1.38. The highest BCUT2D eigenvalue weighted by Crippen LogP contribution is 2.17. The Balaban J connectivity index is 2.47. The third-order valence-corrected chi connectivity index (χ3v) is 2.37. The van der Waals surface area contributed by atoms with Crippen LogP contribution in [0.2, 0.25) is 0 Å². The lowest BCUT2D eigenvalue weighted by atomic mass is 10.3. The number of nitrogens with zero attached hydrogens (tertiary/aromatic N) is 3. The van der Waals surface area contributed by atoms with Gasteiger partial charge in [0.25, 0.3) is 0 Å². The van der Waals surface area contributed by atoms with Crippen molar-refractivity contribution in [3.8, 4) is 6.07 Å². The summed E-state index contributed by atoms with van der Waals surface area (Å²) in [5.74, 6) is 0.432. The molecule has 0 fully saturated rings. The van der Waals surface area contributed by atoms with E-state index in [1.165, 1.54) is 12.1 Å². The minimum Gasteiger partial charge on any atom is -0.380 e. The van der Waals surface area contributed by atoms with Crippen molar-refractivity contribution in [1.29, 1.82) is 5.26 Å². The average molecular weight is 264 g/mol. The number of unbranched alkanes of at least 4 members (excludes halogenated alkanes) is 1. The monoisotopic (exact) mass is 264 g/mol. The summed E-state index contributed by atoms with van der Waals surface area (Å²) in [6, 6.07) is 4.46. The van der Waals surface area contributed by atoms with E-state index in [1.54, 1.807) is 6.07 Å². The molecule has 0 aromatic carbocycles. The second kappa shape index (κ2) is 8.00. The first-order valence-electron chi connectivity index (χ1n) is 6.06. The van der Waals surface area contributed by atoms with Crippen molar-refractivity contribution in [1.82, 2.24) is 4.98 Å². The second-order valence-electron chi connectivity index (χ2n) is 3.83. The minimum absolute atomic E-state index is 0.193. The average Bonchev–Trinajstić information content (AvgIpc) is 2.42. The van der Waals surface area contributed by atoms with Gasteiger partial charge in [-0.05, 0) is 12.5 Å². The molecule has 102 valence electrons. The molecular formula is C12H16N4O3. The molecule has 1 aromatic heterocycles. The Morgan fingerprint density at radius 3 is 2.95 bits per heavy atom. The highest BCUT2D eigenvalue weighted by Gasteiger charge is 2.15. The zero-order chi connectivity index (χ0) is 14.1.